The van der Waals surface area contributed by atoms with Gasteiger partial charge in [0.15, 0.2) is 0 Å². The van der Waals surface area contributed by atoms with Crippen LogP contribution < -0.4 is 0 Å². The molecule has 0 aliphatic rings. The van der Waals surface area contributed by atoms with Gasteiger partial charge in [-0.1, -0.05) is 55.6 Å². The van der Waals surface area contributed by atoms with E-state index in [1.807, 2.05) is 19.1 Å². The Kier molecular flexibility index (Phi) is 5.04. The van der Waals surface area contributed by atoms with Gasteiger partial charge in [-0.3, -0.25) is 0 Å². The molecule has 100 valence electrons. The maximum Gasteiger partial charge on any atom is 0.127 e. The van der Waals surface area contributed by atoms with Gasteiger partial charge in [-0.15, -0.1) is 0 Å². The Morgan fingerprint density at radius 1 is 1.26 bits per heavy atom. The number of alkyl halides is 1. The smallest absolute Gasteiger partial charge is 0.127 e. The molecule has 0 amide bonds. The average molecular weight is 407 g/mol. The lowest BCUT2D eigenvalue weighted by atomic mass is 10.0. The first kappa shape index (κ1) is 15.0. The van der Waals surface area contributed by atoms with Crippen LogP contribution in [0, 0.1) is 12.7 Å². The second-order valence-corrected chi connectivity index (χ2v) is 6.86. The van der Waals surface area contributed by atoms with Crippen LogP contribution in [0.1, 0.15) is 21.5 Å². The average Bonchev–Trinajstić information content (AvgIpc) is 2.32. The van der Waals surface area contributed by atoms with Gasteiger partial charge in [0.25, 0.3) is 0 Å². The first-order valence-electron chi connectivity index (χ1n) is 5.81. The second kappa shape index (κ2) is 6.38. The van der Waals surface area contributed by atoms with Gasteiger partial charge in [-0.25, -0.2) is 4.39 Å². The van der Waals surface area contributed by atoms with Crippen molar-refractivity contribution in [3.8, 4) is 0 Å². The fraction of sp³-hybridized carbons (Fsp3) is 0.200. The van der Waals surface area contributed by atoms with Gasteiger partial charge >= 0.3 is 0 Å². The molecule has 0 fully saturated rings. The molecule has 0 aliphatic heterocycles. The topological polar surface area (TPSA) is 0 Å². The quantitative estimate of drug-likeness (QED) is 0.530. The highest BCUT2D eigenvalue weighted by Crippen LogP contribution is 2.33. The van der Waals surface area contributed by atoms with Crippen LogP contribution in [0.25, 0.3) is 0 Å². The number of halogens is 4. The van der Waals surface area contributed by atoms with E-state index in [0.717, 1.165) is 15.6 Å². The molecule has 0 bridgehead atoms. The normalized spacial score (nSPS) is 12.5. The van der Waals surface area contributed by atoms with E-state index in [-0.39, 0.29) is 10.6 Å². The van der Waals surface area contributed by atoms with Crippen LogP contribution >= 0.6 is 43.5 Å². The summed E-state index contributed by atoms with van der Waals surface area (Å²) in [6.07, 6.45) is 0.515. The van der Waals surface area contributed by atoms with Crippen molar-refractivity contribution in [2.45, 2.75) is 18.2 Å². The van der Waals surface area contributed by atoms with Gasteiger partial charge in [0, 0.05) is 19.9 Å². The summed E-state index contributed by atoms with van der Waals surface area (Å²) in [4.78, 5) is 0.0260. The van der Waals surface area contributed by atoms with Crippen LogP contribution in [0.15, 0.2) is 40.9 Å². The van der Waals surface area contributed by atoms with E-state index in [4.69, 9.17) is 11.6 Å². The van der Waals surface area contributed by atoms with Crippen LogP contribution in [0.5, 0.6) is 0 Å². The number of benzene rings is 2. The maximum absolute atomic E-state index is 13.8. The summed E-state index contributed by atoms with van der Waals surface area (Å²) >= 11 is 13.1. The molecule has 4 heteroatoms. The summed E-state index contributed by atoms with van der Waals surface area (Å²) in [5, 5.41) is 0.469. The van der Waals surface area contributed by atoms with Crippen molar-refractivity contribution in [3.63, 3.8) is 0 Å². The molecule has 0 heterocycles. The van der Waals surface area contributed by atoms with Crippen molar-refractivity contribution in [2.24, 2.45) is 0 Å². The standard InChI is InChI=1S/C15H12Br2ClF/c1-9-5-10(7-11(16)6-9)13(17)8-12-14(18)3-2-4-15(12)19/h2-7,13H,8H2,1H3. The van der Waals surface area contributed by atoms with E-state index in [1.54, 1.807) is 12.1 Å². The molecular weight excluding hydrogens is 394 g/mol. The molecule has 0 spiro atoms. The second-order valence-electron chi connectivity index (χ2n) is 4.43. The minimum atomic E-state index is -0.260. The maximum atomic E-state index is 13.8. The third-order valence-electron chi connectivity index (χ3n) is 2.87. The van der Waals surface area contributed by atoms with Crippen molar-refractivity contribution in [2.75, 3.05) is 0 Å². The number of aryl methyl sites for hydroxylation is 1. The van der Waals surface area contributed by atoms with E-state index in [9.17, 15) is 4.39 Å². The predicted molar refractivity (Wildman–Crippen MR) is 85.7 cm³/mol. The van der Waals surface area contributed by atoms with Crippen LogP contribution in [0.3, 0.4) is 0 Å². The number of hydrogen-bond acceptors (Lipinski definition) is 0. The van der Waals surface area contributed by atoms with Crippen molar-refractivity contribution in [1.82, 2.24) is 0 Å². The highest BCUT2D eigenvalue weighted by molar-refractivity contribution is 9.10. The fourth-order valence-electron chi connectivity index (χ4n) is 1.97. The zero-order valence-electron chi connectivity index (χ0n) is 10.3. The Morgan fingerprint density at radius 2 is 2.00 bits per heavy atom. The summed E-state index contributed by atoms with van der Waals surface area (Å²) in [5.74, 6) is -0.260. The molecule has 2 aromatic carbocycles. The Balaban J connectivity index is 2.28. The van der Waals surface area contributed by atoms with Crippen molar-refractivity contribution in [1.29, 1.82) is 0 Å². The Labute approximate surface area is 134 Å². The van der Waals surface area contributed by atoms with E-state index < -0.39 is 0 Å². The summed E-state index contributed by atoms with van der Waals surface area (Å²) in [6.45, 7) is 2.03. The van der Waals surface area contributed by atoms with Crippen LogP contribution in [-0.2, 0) is 6.42 Å². The number of hydrogen-bond donors (Lipinski definition) is 0. The molecule has 0 saturated carbocycles. The van der Waals surface area contributed by atoms with Crippen molar-refractivity contribution < 1.29 is 4.39 Å². The van der Waals surface area contributed by atoms with Gasteiger partial charge in [0.2, 0.25) is 0 Å². The first-order chi connectivity index (χ1) is 8.97. The van der Waals surface area contributed by atoms with Gasteiger partial charge in [-0.2, -0.15) is 0 Å². The SMILES string of the molecule is Cc1cc(Br)cc(C(Br)Cc2c(F)cccc2Cl)c1. The van der Waals surface area contributed by atoms with E-state index in [2.05, 4.69) is 37.9 Å². The highest BCUT2D eigenvalue weighted by atomic mass is 79.9. The molecule has 2 rings (SSSR count). The third-order valence-corrected chi connectivity index (χ3v) is 4.54. The van der Waals surface area contributed by atoms with Gasteiger partial charge in [0.1, 0.15) is 5.82 Å². The Bertz CT molecular complexity index is 558. The van der Waals surface area contributed by atoms with E-state index in [1.165, 1.54) is 6.07 Å². The summed E-state index contributed by atoms with van der Waals surface area (Å²) in [6, 6.07) is 10.9. The van der Waals surface area contributed by atoms with E-state index in [0.29, 0.717) is 17.0 Å². The minimum absolute atomic E-state index is 0.0260. The summed E-state index contributed by atoms with van der Waals surface area (Å²) in [7, 11) is 0. The Hall–Kier alpha value is -0.380. The molecule has 0 aromatic heterocycles. The molecule has 2 aromatic rings. The molecule has 1 unspecified atom stereocenters. The van der Waals surface area contributed by atoms with Gasteiger partial charge in [0.05, 0.1) is 0 Å². The Morgan fingerprint density at radius 3 is 2.63 bits per heavy atom. The lowest BCUT2D eigenvalue weighted by molar-refractivity contribution is 0.608. The molecular formula is C15H12Br2ClF. The first-order valence-corrected chi connectivity index (χ1v) is 7.90. The zero-order chi connectivity index (χ0) is 14.0. The van der Waals surface area contributed by atoms with Crippen molar-refractivity contribution in [3.05, 3.63) is 68.4 Å². The van der Waals surface area contributed by atoms with Crippen LogP contribution in [0.2, 0.25) is 5.02 Å². The van der Waals surface area contributed by atoms with Crippen molar-refractivity contribution >= 4 is 43.5 Å². The monoisotopic (exact) mass is 404 g/mol. The fourth-order valence-corrected chi connectivity index (χ4v) is 3.42. The van der Waals surface area contributed by atoms with Gasteiger partial charge in [-0.05, 0) is 48.7 Å². The van der Waals surface area contributed by atoms with Crippen LogP contribution in [-0.4, -0.2) is 0 Å². The lowest BCUT2D eigenvalue weighted by Gasteiger charge is -2.13. The highest BCUT2D eigenvalue weighted by Gasteiger charge is 2.15. The molecule has 0 aliphatic carbocycles. The van der Waals surface area contributed by atoms with Gasteiger partial charge < -0.3 is 0 Å². The minimum Gasteiger partial charge on any atom is -0.207 e. The molecule has 0 N–H and O–H groups in total. The predicted octanol–water partition coefficient (Wildman–Crippen LogP) is 6.23. The molecule has 0 nitrogen and oxygen atoms in total. The largest absolute Gasteiger partial charge is 0.207 e. The van der Waals surface area contributed by atoms with E-state index >= 15 is 0 Å². The molecule has 19 heavy (non-hydrogen) atoms. The molecule has 1 atom stereocenters. The molecule has 0 saturated heterocycles. The summed E-state index contributed by atoms with van der Waals surface area (Å²) < 4.78 is 14.8. The third kappa shape index (κ3) is 3.80. The summed E-state index contributed by atoms with van der Waals surface area (Å²) in [5.41, 5.74) is 2.81. The number of rotatable bonds is 3. The van der Waals surface area contributed by atoms with Crippen LogP contribution in [0.4, 0.5) is 4.39 Å². The zero-order valence-corrected chi connectivity index (χ0v) is 14.2. The molecule has 0 radical (unpaired) electrons. The lowest BCUT2D eigenvalue weighted by Crippen LogP contribution is -1.99.